The second kappa shape index (κ2) is 11.5. The van der Waals surface area contributed by atoms with Crippen molar-refractivity contribution in [2.45, 2.75) is 25.8 Å². The molecule has 2 aromatic heterocycles. The third-order valence-corrected chi connectivity index (χ3v) is 4.19. The molecule has 28 heavy (non-hydrogen) atoms. The second-order valence-corrected chi connectivity index (χ2v) is 6.19. The van der Waals surface area contributed by atoms with Crippen molar-refractivity contribution in [3.8, 4) is 11.3 Å². The number of aromatic amines is 1. The molecule has 0 aliphatic rings. The van der Waals surface area contributed by atoms with Crippen LogP contribution in [0.1, 0.15) is 28.5 Å². The highest BCUT2D eigenvalue weighted by Crippen LogP contribution is 2.23. The van der Waals surface area contributed by atoms with Crippen LogP contribution in [-0.2, 0) is 17.6 Å². The average molecular weight is 422 g/mol. The van der Waals surface area contributed by atoms with Gasteiger partial charge in [-0.25, -0.2) is 4.79 Å². The number of carbonyl (C=O) groups excluding carboxylic acids is 1. The summed E-state index contributed by atoms with van der Waals surface area (Å²) in [7, 11) is 0. The van der Waals surface area contributed by atoms with Gasteiger partial charge in [0, 0.05) is 41.8 Å². The summed E-state index contributed by atoms with van der Waals surface area (Å²) in [5.74, 6) is -0.328. The van der Waals surface area contributed by atoms with Crippen LogP contribution in [0.4, 0.5) is 0 Å². The standard InChI is InChI=1S/C21H23N3O2.2ClH/c1-2-26-21(25)18-14-19(16-8-10-23-11-9-16)24-20(18)13-17(22)12-15-6-4-3-5-7-15;;/h3-11,14,17,24H,2,12-13,22H2,1H3;2*1H. The Hall–Kier alpha value is -2.34. The Balaban J connectivity index is 0.00000196. The summed E-state index contributed by atoms with van der Waals surface area (Å²) in [5.41, 5.74) is 10.7. The van der Waals surface area contributed by atoms with Crippen LogP contribution < -0.4 is 5.73 Å². The topological polar surface area (TPSA) is 81.0 Å². The summed E-state index contributed by atoms with van der Waals surface area (Å²) in [6.45, 7) is 2.14. The maximum Gasteiger partial charge on any atom is 0.339 e. The molecular formula is C21H25Cl2N3O2. The molecule has 2 heterocycles. The molecule has 3 N–H and O–H groups in total. The third kappa shape index (κ3) is 6.09. The van der Waals surface area contributed by atoms with Crippen molar-refractivity contribution in [2.75, 3.05) is 6.61 Å². The van der Waals surface area contributed by atoms with Crippen molar-refractivity contribution >= 4 is 30.8 Å². The Kier molecular flexibility index (Phi) is 9.73. The predicted molar refractivity (Wildman–Crippen MR) is 116 cm³/mol. The van der Waals surface area contributed by atoms with Crippen molar-refractivity contribution in [3.05, 3.63) is 77.7 Å². The van der Waals surface area contributed by atoms with Crippen LogP contribution >= 0.6 is 24.8 Å². The first-order valence-electron chi connectivity index (χ1n) is 8.76. The van der Waals surface area contributed by atoms with E-state index in [2.05, 4.69) is 22.1 Å². The lowest BCUT2D eigenvalue weighted by molar-refractivity contribution is 0.0525. The quantitative estimate of drug-likeness (QED) is 0.559. The Morgan fingerprint density at radius 2 is 1.79 bits per heavy atom. The van der Waals surface area contributed by atoms with Crippen molar-refractivity contribution in [1.29, 1.82) is 0 Å². The Morgan fingerprint density at radius 3 is 2.43 bits per heavy atom. The van der Waals surface area contributed by atoms with Crippen LogP contribution in [0.2, 0.25) is 0 Å². The molecule has 0 aliphatic heterocycles. The van der Waals surface area contributed by atoms with E-state index in [4.69, 9.17) is 10.5 Å². The largest absolute Gasteiger partial charge is 0.462 e. The molecule has 0 saturated carbocycles. The molecule has 3 rings (SSSR count). The van der Waals surface area contributed by atoms with Crippen LogP contribution in [0.25, 0.3) is 11.3 Å². The van der Waals surface area contributed by atoms with E-state index in [0.29, 0.717) is 18.6 Å². The summed E-state index contributed by atoms with van der Waals surface area (Å²) >= 11 is 0. The van der Waals surface area contributed by atoms with Gasteiger partial charge in [-0.2, -0.15) is 0 Å². The van der Waals surface area contributed by atoms with E-state index in [9.17, 15) is 4.79 Å². The molecule has 0 amide bonds. The van der Waals surface area contributed by atoms with E-state index in [1.165, 1.54) is 5.56 Å². The molecule has 1 aromatic carbocycles. The van der Waals surface area contributed by atoms with Crippen LogP contribution in [0, 0.1) is 0 Å². The summed E-state index contributed by atoms with van der Waals surface area (Å²) in [4.78, 5) is 19.7. The van der Waals surface area contributed by atoms with Gasteiger partial charge >= 0.3 is 5.97 Å². The van der Waals surface area contributed by atoms with E-state index >= 15 is 0 Å². The molecule has 150 valence electrons. The van der Waals surface area contributed by atoms with Crippen LogP contribution in [0.15, 0.2) is 60.9 Å². The average Bonchev–Trinajstić information content (AvgIpc) is 3.07. The SMILES string of the molecule is CCOC(=O)c1cc(-c2ccncc2)[nH]c1CC(N)Cc1ccccc1.Cl.Cl. The van der Waals surface area contributed by atoms with Crippen molar-refractivity contribution in [2.24, 2.45) is 5.73 Å². The summed E-state index contributed by atoms with van der Waals surface area (Å²) < 4.78 is 5.21. The monoisotopic (exact) mass is 421 g/mol. The van der Waals surface area contributed by atoms with Gasteiger partial charge in [-0.15, -0.1) is 24.8 Å². The molecule has 0 saturated heterocycles. The smallest absolute Gasteiger partial charge is 0.339 e. The van der Waals surface area contributed by atoms with Gasteiger partial charge in [0.1, 0.15) is 0 Å². The predicted octanol–water partition coefficient (Wildman–Crippen LogP) is 4.21. The van der Waals surface area contributed by atoms with Gasteiger partial charge in [-0.1, -0.05) is 30.3 Å². The highest BCUT2D eigenvalue weighted by molar-refractivity contribution is 5.92. The molecule has 0 aliphatic carbocycles. The molecular weight excluding hydrogens is 397 g/mol. The zero-order valence-corrected chi connectivity index (χ0v) is 17.3. The zero-order valence-electron chi connectivity index (χ0n) is 15.6. The van der Waals surface area contributed by atoms with Crippen molar-refractivity contribution in [3.63, 3.8) is 0 Å². The van der Waals surface area contributed by atoms with Crippen LogP contribution in [0.5, 0.6) is 0 Å². The fraction of sp³-hybridized carbons (Fsp3) is 0.238. The Bertz CT molecular complexity index is 855. The Labute approximate surface area is 177 Å². The number of nitrogens with two attached hydrogens (primary N) is 1. The number of aromatic nitrogens is 2. The number of benzene rings is 1. The van der Waals surface area contributed by atoms with Crippen molar-refractivity contribution in [1.82, 2.24) is 9.97 Å². The normalized spacial score (nSPS) is 11.1. The molecule has 3 aromatic rings. The number of ether oxygens (including phenoxy) is 1. The first-order chi connectivity index (χ1) is 12.7. The first-order valence-corrected chi connectivity index (χ1v) is 8.76. The molecule has 1 unspecified atom stereocenters. The van der Waals surface area contributed by atoms with Gasteiger partial charge in [-0.3, -0.25) is 4.98 Å². The van der Waals surface area contributed by atoms with Crippen molar-refractivity contribution < 1.29 is 9.53 Å². The molecule has 0 radical (unpaired) electrons. The highest BCUT2D eigenvalue weighted by Gasteiger charge is 2.19. The number of hydrogen-bond acceptors (Lipinski definition) is 4. The summed E-state index contributed by atoms with van der Waals surface area (Å²) in [6, 6.07) is 15.6. The molecule has 0 spiro atoms. The minimum Gasteiger partial charge on any atom is -0.462 e. The molecule has 7 heteroatoms. The fourth-order valence-electron chi connectivity index (χ4n) is 2.99. The summed E-state index contributed by atoms with van der Waals surface area (Å²) in [5, 5.41) is 0. The van der Waals surface area contributed by atoms with E-state index in [0.717, 1.165) is 23.4 Å². The number of rotatable bonds is 7. The van der Waals surface area contributed by atoms with E-state index in [-0.39, 0.29) is 36.8 Å². The molecule has 0 fully saturated rings. The highest BCUT2D eigenvalue weighted by atomic mass is 35.5. The number of hydrogen-bond donors (Lipinski definition) is 2. The molecule has 1 atom stereocenters. The van der Waals surface area contributed by atoms with E-state index < -0.39 is 0 Å². The maximum absolute atomic E-state index is 12.4. The minimum absolute atomic E-state index is 0. The number of carbonyl (C=O) groups is 1. The lowest BCUT2D eigenvalue weighted by Gasteiger charge is -2.12. The zero-order chi connectivity index (χ0) is 18.4. The first kappa shape index (κ1) is 23.7. The third-order valence-electron chi connectivity index (χ3n) is 4.19. The fourth-order valence-corrected chi connectivity index (χ4v) is 2.99. The lowest BCUT2D eigenvalue weighted by Crippen LogP contribution is -2.26. The molecule has 0 bridgehead atoms. The molecule has 5 nitrogen and oxygen atoms in total. The lowest BCUT2D eigenvalue weighted by atomic mass is 10.0. The van der Waals surface area contributed by atoms with E-state index in [1.807, 2.05) is 36.4 Å². The number of nitrogens with zero attached hydrogens (tertiary/aromatic N) is 1. The number of esters is 1. The van der Waals surface area contributed by atoms with Gasteiger partial charge in [0.15, 0.2) is 0 Å². The van der Waals surface area contributed by atoms with Gasteiger partial charge in [-0.05, 0) is 37.1 Å². The van der Waals surface area contributed by atoms with Gasteiger partial charge in [0.2, 0.25) is 0 Å². The van der Waals surface area contributed by atoms with E-state index in [1.54, 1.807) is 19.3 Å². The number of nitrogens with one attached hydrogen (secondary N) is 1. The van der Waals surface area contributed by atoms with Gasteiger partial charge < -0.3 is 15.5 Å². The maximum atomic E-state index is 12.4. The van der Waals surface area contributed by atoms with Crippen LogP contribution in [-0.4, -0.2) is 28.6 Å². The van der Waals surface area contributed by atoms with Crippen LogP contribution in [0.3, 0.4) is 0 Å². The Morgan fingerprint density at radius 1 is 1.11 bits per heavy atom. The second-order valence-electron chi connectivity index (χ2n) is 6.19. The number of H-pyrrole nitrogens is 1. The summed E-state index contributed by atoms with van der Waals surface area (Å²) in [6.07, 6.45) is 4.75. The minimum atomic E-state index is -0.328. The van der Waals surface area contributed by atoms with Gasteiger partial charge in [0.25, 0.3) is 0 Å². The van der Waals surface area contributed by atoms with Gasteiger partial charge in [0.05, 0.1) is 12.2 Å². The number of halogens is 2. The number of pyridine rings is 1.